The second-order valence-electron chi connectivity index (χ2n) is 7.05. The van der Waals surface area contributed by atoms with Gasteiger partial charge in [0.25, 0.3) is 0 Å². The first-order chi connectivity index (χ1) is 9.63. The first-order valence-corrected chi connectivity index (χ1v) is 7.64. The molecule has 3 nitrogen and oxygen atoms in total. The smallest absolute Gasteiger partial charge is 0.306 e. The van der Waals surface area contributed by atoms with E-state index in [1.807, 2.05) is 0 Å². The van der Waals surface area contributed by atoms with Gasteiger partial charge in [-0.2, -0.15) is 0 Å². The lowest BCUT2D eigenvalue weighted by Gasteiger charge is -2.11. The van der Waals surface area contributed by atoms with Crippen LogP contribution in [0.5, 0.6) is 5.75 Å². The van der Waals surface area contributed by atoms with Crippen molar-refractivity contribution in [3.8, 4) is 5.75 Å². The van der Waals surface area contributed by atoms with Gasteiger partial charge in [-0.25, -0.2) is 0 Å². The van der Waals surface area contributed by atoms with Crippen LogP contribution in [0.3, 0.4) is 0 Å². The molecule has 3 heteroatoms. The second-order valence-corrected chi connectivity index (χ2v) is 7.05. The molecule has 0 heterocycles. The van der Waals surface area contributed by atoms with E-state index in [0.717, 1.165) is 18.4 Å². The van der Waals surface area contributed by atoms with Crippen LogP contribution in [0.15, 0.2) is 24.3 Å². The predicted octanol–water partition coefficient (Wildman–Crippen LogP) is 4.88. The molecule has 0 saturated carbocycles. The van der Waals surface area contributed by atoms with E-state index in [1.165, 1.54) is 0 Å². The lowest BCUT2D eigenvalue weighted by atomic mass is 9.94. The minimum Gasteiger partial charge on any atom is -0.508 e. The molecule has 0 bridgehead atoms. The highest BCUT2D eigenvalue weighted by molar-refractivity contribution is 5.70. The van der Waals surface area contributed by atoms with Crippen molar-refractivity contribution in [2.75, 3.05) is 0 Å². The van der Waals surface area contributed by atoms with E-state index in [9.17, 15) is 4.79 Å². The molecular formula is C18H30O3. The molecule has 0 aliphatic carbocycles. The van der Waals surface area contributed by atoms with Gasteiger partial charge < -0.3 is 10.2 Å². The molecule has 1 aromatic carbocycles. The Morgan fingerprint density at radius 3 is 2.00 bits per heavy atom. The van der Waals surface area contributed by atoms with Crippen LogP contribution >= 0.6 is 0 Å². The van der Waals surface area contributed by atoms with Crippen molar-refractivity contribution in [3.63, 3.8) is 0 Å². The number of hydrogen-bond donors (Lipinski definition) is 2. The number of carboxylic acid groups (broad SMARTS) is 1. The Hall–Kier alpha value is -1.51. The Bertz CT molecular complexity index is 395. The van der Waals surface area contributed by atoms with Gasteiger partial charge in [-0.05, 0) is 36.0 Å². The van der Waals surface area contributed by atoms with E-state index in [4.69, 9.17) is 10.2 Å². The maximum absolute atomic E-state index is 11.0. The molecule has 1 aromatic rings. The topological polar surface area (TPSA) is 57.5 Å². The molecule has 120 valence electrons. The standard InChI is InChI=1S/C13H18O3.C5H12/c1-2-3-4-11(13(15)16)9-10-5-7-12(14)8-6-10;1-5(2,3)4/h5-8,11,14H,2-4,9H2,1H3,(H,15,16);1-4H3. The van der Waals surface area contributed by atoms with Crippen LogP contribution < -0.4 is 0 Å². The molecule has 0 aliphatic heterocycles. The van der Waals surface area contributed by atoms with E-state index >= 15 is 0 Å². The van der Waals surface area contributed by atoms with Gasteiger partial charge in [0.2, 0.25) is 0 Å². The summed E-state index contributed by atoms with van der Waals surface area (Å²) in [5.41, 5.74) is 1.46. The van der Waals surface area contributed by atoms with Crippen molar-refractivity contribution >= 4 is 5.97 Å². The molecule has 0 spiro atoms. The van der Waals surface area contributed by atoms with Crippen LogP contribution in [0.1, 0.15) is 59.4 Å². The van der Waals surface area contributed by atoms with Crippen LogP contribution in [-0.2, 0) is 11.2 Å². The van der Waals surface area contributed by atoms with E-state index < -0.39 is 5.97 Å². The molecule has 0 aromatic heterocycles. The Labute approximate surface area is 129 Å². The first kappa shape index (κ1) is 19.5. The highest BCUT2D eigenvalue weighted by Crippen LogP contribution is 2.17. The Morgan fingerprint density at radius 1 is 1.14 bits per heavy atom. The minimum absolute atomic E-state index is 0.212. The molecule has 0 amide bonds. The fourth-order valence-electron chi connectivity index (χ4n) is 1.68. The third kappa shape index (κ3) is 12.0. The first-order valence-electron chi connectivity index (χ1n) is 7.64. The minimum atomic E-state index is -0.735. The summed E-state index contributed by atoms with van der Waals surface area (Å²) < 4.78 is 0. The van der Waals surface area contributed by atoms with Gasteiger partial charge in [0, 0.05) is 0 Å². The summed E-state index contributed by atoms with van der Waals surface area (Å²) in [7, 11) is 0. The molecule has 0 radical (unpaired) electrons. The molecule has 0 fully saturated rings. The molecular weight excluding hydrogens is 264 g/mol. The van der Waals surface area contributed by atoms with Crippen molar-refractivity contribution in [1.82, 2.24) is 0 Å². The maximum atomic E-state index is 11.0. The van der Waals surface area contributed by atoms with Gasteiger partial charge in [-0.15, -0.1) is 0 Å². The molecule has 21 heavy (non-hydrogen) atoms. The molecule has 1 rings (SSSR count). The summed E-state index contributed by atoms with van der Waals surface area (Å²) in [4.78, 5) is 11.0. The van der Waals surface area contributed by atoms with Crippen molar-refractivity contribution in [2.45, 2.75) is 60.3 Å². The summed E-state index contributed by atoms with van der Waals surface area (Å²) in [5, 5.41) is 18.2. The van der Waals surface area contributed by atoms with Gasteiger partial charge in [-0.1, -0.05) is 59.6 Å². The molecule has 0 aliphatic rings. The Kier molecular flexibility index (Phi) is 8.75. The zero-order valence-corrected chi connectivity index (χ0v) is 14.0. The fraction of sp³-hybridized carbons (Fsp3) is 0.611. The average Bonchev–Trinajstić information content (AvgIpc) is 2.34. The van der Waals surface area contributed by atoms with Crippen LogP contribution in [0.25, 0.3) is 0 Å². The normalized spacial score (nSPS) is 12.2. The highest BCUT2D eigenvalue weighted by Gasteiger charge is 2.17. The van der Waals surface area contributed by atoms with Crippen LogP contribution in [0, 0.1) is 11.3 Å². The number of aliphatic carboxylic acids is 1. The molecule has 1 unspecified atom stereocenters. The number of carboxylic acids is 1. The molecule has 2 N–H and O–H groups in total. The van der Waals surface area contributed by atoms with E-state index in [2.05, 4.69) is 34.6 Å². The number of benzene rings is 1. The third-order valence-electron chi connectivity index (χ3n) is 2.67. The van der Waals surface area contributed by atoms with Crippen LogP contribution in [0.4, 0.5) is 0 Å². The monoisotopic (exact) mass is 294 g/mol. The lowest BCUT2D eigenvalue weighted by molar-refractivity contribution is -0.142. The summed E-state index contributed by atoms with van der Waals surface area (Å²) in [5.74, 6) is -0.838. The zero-order chi connectivity index (χ0) is 16.5. The van der Waals surface area contributed by atoms with Gasteiger partial charge >= 0.3 is 5.97 Å². The number of aromatic hydroxyl groups is 1. The summed E-state index contributed by atoms with van der Waals surface area (Å²) in [6.07, 6.45) is 3.21. The molecule has 1 atom stereocenters. The van der Waals surface area contributed by atoms with Gasteiger partial charge in [0.05, 0.1) is 5.92 Å². The third-order valence-corrected chi connectivity index (χ3v) is 2.67. The number of phenols is 1. The number of carbonyl (C=O) groups is 1. The van der Waals surface area contributed by atoms with E-state index in [-0.39, 0.29) is 11.7 Å². The fourth-order valence-corrected chi connectivity index (χ4v) is 1.68. The Balaban J connectivity index is 0.000000690. The van der Waals surface area contributed by atoms with Gasteiger partial charge in [0.15, 0.2) is 0 Å². The van der Waals surface area contributed by atoms with Crippen LogP contribution in [0.2, 0.25) is 0 Å². The zero-order valence-electron chi connectivity index (χ0n) is 14.0. The van der Waals surface area contributed by atoms with Gasteiger partial charge in [0.1, 0.15) is 5.75 Å². The van der Waals surface area contributed by atoms with Crippen LogP contribution in [-0.4, -0.2) is 16.2 Å². The largest absolute Gasteiger partial charge is 0.508 e. The van der Waals surface area contributed by atoms with E-state index in [0.29, 0.717) is 18.3 Å². The molecule has 0 saturated heterocycles. The lowest BCUT2D eigenvalue weighted by Crippen LogP contribution is -2.16. The predicted molar refractivity (Wildman–Crippen MR) is 87.6 cm³/mol. The average molecular weight is 294 g/mol. The number of hydrogen-bond acceptors (Lipinski definition) is 2. The Morgan fingerprint density at radius 2 is 1.62 bits per heavy atom. The highest BCUT2D eigenvalue weighted by atomic mass is 16.4. The quantitative estimate of drug-likeness (QED) is 0.786. The number of unbranched alkanes of at least 4 members (excludes halogenated alkanes) is 1. The maximum Gasteiger partial charge on any atom is 0.306 e. The SMILES string of the molecule is CC(C)(C)C.CCCCC(Cc1ccc(O)cc1)C(=O)O. The number of phenolic OH excluding ortho intramolecular Hbond substituents is 1. The second kappa shape index (κ2) is 9.43. The van der Waals surface area contributed by atoms with E-state index in [1.54, 1.807) is 24.3 Å². The summed E-state index contributed by atoms with van der Waals surface area (Å²) in [6, 6.07) is 6.73. The van der Waals surface area contributed by atoms with Crippen molar-refractivity contribution in [3.05, 3.63) is 29.8 Å². The van der Waals surface area contributed by atoms with Gasteiger partial charge in [-0.3, -0.25) is 4.79 Å². The van der Waals surface area contributed by atoms with Crippen molar-refractivity contribution in [2.24, 2.45) is 11.3 Å². The van der Waals surface area contributed by atoms with Crippen molar-refractivity contribution in [1.29, 1.82) is 0 Å². The summed E-state index contributed by atoms with van der Waals surface area (Å²) >= 11 is 0. The van der Waals surface area contributed by atoms with Crippen molar-refractivity contribution < 1.29 is 15.0 Å². The number of rotatable bonds is 6. The summed E-state index contributed by atoms with van der Waals surface area (Å²) in [6.45, 7) is 10.8.